The molecule has 0 aromatic rings. The molecule has 0 rings (SSSR count). The van der Waals surface area contributed by atoms with Gasteiger partial charge in [0.05, 0.1) is 0 Å². The molecule has 0 heterocycles. The SMILES string of the molecule is CCCN(CC)CCCCCBr. The van der Waals surface area contributed by atoms with Crippen molar-refractivity contribution in [3.63, 3.8) is 0 Å². The van der Waals surface area contributed by atoms with Crippen molar-refractivity contribution in [3.8, 4) is 0 Å². The molecule has 0 saturated heterocycles. The Morgan fingerprint density at radius 2 is 1.75 bits per heavy atom. The highest BCUT2D eigenvalue weighted by atomic mass is 79.9. The molecule has 0 atom stereocenters. The Morgan fingerprint density at radius 1 is 1.00 bits per heavy atom. The smallest absolute Gasteiger partial charge is 0.00313 e. The van der Waals surface area contributed by atoms with Crippen molar-refractivity contribution in [3.05, 3.63) is 0 Å². The number of alkyl halides is 1. The van der Waals surface area contributed by atoms with E-state index in [2.05, 4.69) is 34.7 Å². The summed E-state index contributed by atoms with van der Waals surface area (Å²) in [6.07, 6.45) is 5.33. The zero-order valence-corrected chi connectivity index (χ0v) is 10.1. The number of nitrogens with zero attached hydrogens (tertiary/aromatic N) is 1. The first-order valence-electron chi connectivity index (χ1n) is 5.13. The molecule has 0 aromatic carbocycles. The van der Waals surface area contributed by atoms with Gasteiger partial charge in [-0.2, -0.15) is 0 Å². The highest BCUT2D eigenvalue weighted by Gasteiger charge is 1.98. The lowest BCUT2D eigenvalue weighted by Crippen LogP contribution is -2.25. The summed E-state index contributed by atoms with van der Waals surface area (Å²) in [7, 11) is 0. The molecule has 0 bridgehead atoms. The second-order valence-corrected chi connectivity index (χ2v) is 3.98. The molecule has 12 heavy (non-hydrogen) atoms. The lowest BCUT2D eigenvalue weighted by atomic mass is 10.2. The van der Waals surface area contributed by atoms with E-state index in [1.165, 1.54) is 45.3 Å². The van der Waals surface area contributed by atoms with Crippen molar-refractivity contribution in [2.24, 2.45) is 0 Å². The lowest BCUT2D eigenvalue weighted by molar-refractivity contribution is 0.282. The molecule has 2 heteroatoms. The third-order valence-electron chi connectivity index (χ3n) is 2.10. The van der Waals surface area contributed by atoms with Gasteiger partial charge in [-0.3, -0.25) is 0 Å². The second-order valence-electron chi connectivity index (χ2n) is 3.18. The maximum absolute atomic E-state index is 3.45. The zero-order valence-electron chi connectivity index (χ0n) is 8.48. The summed E-state index contributed by atoms with van der Waals surface area (Å²) in [6, 6.07) is 0. The molecule has 0 spiro atoms. The Balaban J connectivity index is 3.19. The second kappa shape index (κ2) is 9.53. The van der Waals surface area contributed by atoms with E-state index in [0.29, 0.717) is 0 Å². The fourth-order valence-corrected chi connectivity index (χ4v) is 1.75. The first-order valence-corrected chi connectivity index (χ1v) is 6.25. The minimum atomic E-state index is 1.16. The van der Waals surface area contributed by atoms with Gasteiger partial charge in [-0.15, -0.1) is 0 Å². The number of halogens is 1. The third-order valence-corrected chi connectivity index (χ3v) is 2.66. The van der Waals surface area contributed by atoms with Gasteiger partial charge < -0.3 is 4.90 Å². The normalized spacial score (nSPS) is 11.0. The quantitative estimate of drug-likeness (QED) is 0.461. The molecular weight excluding hydrogens is 214 g/mol. The van der Waals surface area contributed by atoms with Crippen LogP contribution in [0.25, 0.3) is 0 Å². The van der Waals surface area contributed by atoms with Crippen LogP contribution in [0.4, 0.5) is 0 Å². The largest absolute Gasteiger partial charge is 0.304 e. The van der Waals surface area contributed by atoms with Crippen LogP contribution >= 0.6 is 15.9 Å². The van der Waals surface area contributed by atoms with Gasteiger partial charge in [0.15, 0.2) is 0 Å². The highest BCUT2D eigenvalue weighted by Crippen LogP contribution is 2.01. The summed E-state index contributed by atoms with van der Waals surface area (Å²) in [5.74, 6) is 0. The average molecular weight is 236 g/mol. The molecule has 0 aromatic heterocycles. The van der Waals surface area contributed by atoms with E-state index < -0.39 is 0 Å². The Bertz CT molecular complexity index is 85.9. The van der Waals surface area contributed by atoms with Crippen molar-refractivity contribution in [1.29, 1.82) is 0 Å². The number of unbranched alkanes of at least 4 members (excludes halogenated alkanes) is 2. The van der Waals surface area contributed by atoms with Crippen molar-refractivity contribution < 1.29 is 0 Å². The van der Waals surface area contributed by atoms with E-state index in [0.717, 1.165) is 5.33 Å². The predicted molar refractivity (Wildman–Crippen MR) is 60.1 cm³/mol. The van der Waals surface area contributed by atoms with Crippen molar-refractivity contribution in [2.45, 2.75) is 39.5 Å². The Morgan fingerprint density at radius 3 is 2.25 bits per heavy atom. The van der Waals surface area contributed by atoms with Gasteiger partial charge in [0.2, 0.25) is 0 Å². The minimum Gasteiger partial charge on any atom is -0.304 e. The number of hydrogen-bond acceptors (Lipinski definition) is 1. The van der Waals surface area contributed by atoms with Gasteiger partial charge in [-0.25, -0.2) is 0 Å². The monoisotopic (exact) mass is 235 g/mol. The first kappa shape index (κ1) is 12.4. The van der Waals surface area contributed by atoms with Gasteiger partial charge in [0.1, 0.15) is 0 Å². The van der Waals surface area contributed by atoms with E-state index in [1.807, 2.05) is 0 Å². The Kier molecular flexibility index (Phi) is 9.88. The van der Waals surface area contributed by atoms with Crippen LogP contribution in [0.1, 0.15) is 39.5 Å². The van der Waals surface area contributed by atoms with Gasteiger partial charge >= 0.3 is 0 Å². The topological polar surface area (TPSA) is 3.24 Å². The number of rotatable bonds is 8. The fourth-order valence-electron chi connectivity index (χ4n) is 1.35. The van der Waals surface area contributed by atoms with E-state index >= 15 is 0 Å². The molecule has 0 aliphatic carbocycles. The lowest BCUT2D eigenvalue weighted by Gasteiger charge is -2.18. The van der Waals surface area contributed by atoms with Crippen LogP contribution < -0.4 is 0 Å². The minimum absolute atomic E-state index is 1.16. The van der Waals surface area contributed by atoms with Crippen LogP contribution in [0, 0.1) is 0 Å². The molecule has 0 N–H and O–H groups in total. The van der Waals surface area contributed by atoms with Gasteiger partial charge in [-0.1, -0.05) is 36.2 Å². The summed E-state index contributed by atoms with van der Waals surface area (Å²) in [4.78, 5) is 2.54. The van der Waals surface area contributed by atoms with Gasteiger partial charge in [0, 0.05) is 5.33 Å². The standard InChI is InChI=1S/C10H22BrN/c1-3-9-12(4-2)10-7-5-6-8-11/h3-10H2,1-2H3. The fraction of sp³-hybridized carbons (Fsp3) is 1.00. The van der Waals surface area contributed by atoms with Crippen molar-refractivity contribution >= 4 is 15.9 Å². The summed E-state index contributed by atoms with van der Waals surface area (Å²) in [5, 5.41) is 1.16. The van der Waals surface area contributed by atoms with Gasteiger partial charge in [-0.05, 0) is 38.9 Å². The van der Waals surface area contributed by atoms with Crippen LogP contribution in [0.3, 0.4) is 0 Å². The van der Waals surface area contributed by atoms with Crippen LogP contribution in [0.2, 0.25) is 0 Å². The highest BCUT2D eigenvalue weighted by molar-refractivity contribution is 9.09. The molecule has 0 unspecified atom stereocenters. The van der Waals surface area contributed by atoms with E-state index in [-0.39, 0.29) is 0 Å². The van der Waals surface area contributed by atoms with Crippen LogP contribution in [0.15, 0.2) is 0 Å². The van der Waals surface area contributed by atoms with E-state index in [1.54, 1.807) is 0 Å². The first-order chi connectivity index (χ1) is 5.85. The third kappa shape index (κ3) is 7.11. The van der Waals surface area contributed by atoms with Crippen LogP contribution in [-0.4, -0.2) is 29.9 Å². The maximum atomic E-state index is 3.45. The summed E-state index contributed by atoms with van der Waals surface area (Å²) in [6.45, 7) is 8.27. The van der Waals surface area contributed by atoms with Crippen LogP contribution in [0.5, 0.6) is 0 Å². The molecule has 0 fully saturated rings. The molecule has 0 aliphatic heterocycles. The molecule has 0 aliphatic rings. The van der Waals surface area contributed by atoms with Crippen molar-refractivity contribution in [2.75, 3.05) is 25.0 Å². The van der Waals surface area contributed by atoms with Gasteiger partial charge in [0.25, 0.3) is 0 Å². The predicted octanol–water partition coefficient (Wildman–Crippen LogP) is 3.28. The molecule has 0 radical (unpaired) electrons. The molecular formula is C10H22BrN. The summed E-state index contributed by atoms with van der Waals surface area (Å²) in [5.41, 5.74) is 0. The molecule has 74 valence electrons. The Hall–Kier alpha value is 0.440. The van der Waals surface area contributed by atoms with E-state index in [4.69, 9.17) is 0 Å². The van der Waals surface area contributed by atoms with E-state index in [9.17, 15) is 0 Å². The Labute approximate surface area is 85.7 Å². The molecule has 0 amide bonds. The maximum Gasteiger partial charge on any atom is 0.00313 e. The van der Waals surface area contributed by atoms with Crippen molar-refractivity contribution in [1.82, 2.24) is 4.90 Å². The summed E-state index contributed by atoms with van der Waals surface area (Å²) >= 11 is 3.45. The summed E-state index contributed by atoms with van der Waals surface area (Å²) < 4.78 is 0. The van der Waals surface area contributed by atoms with Crippen LogP contribution in [-0.2, 0) is 0 Å². The average Bonchev–Trinajstić information content (AvgIpc) is 2.10. The number of hydrogen-bond donors (Lipinski definition) is 0. The molecule has 1 nitrogen and oxygen atoms in total. The zero-order chi connectivity index (χ0) is 9.23. The molecule has 0 saturated carbocycles.